The van der Waals surface area contributed by atoms with Gasteiger partial charge >= 0.3 is 6.18 Å². The quantitative estimate of drug-likeness (QED) is 0.913. The Morgan fingerprint density at radius 1 is 1.32 bits per heavy atom. The van der Waals surface area contributed by atoms with Gasteiger partial charge in [0.15, 0.2) is 9.84 Å². The fraction of sp³-hybridized carbons (Fsp3) is 0.455. The Morgan fingerprint density at radius 2 is 2.00 bits per heavy atom. The summed E-state index contributed by atoms with van der Waals surface area (Å²) >= 11 is 5.56. The van der Waals surface area contributed by atoms with E-state index < -0.39 is 27.6 Å². The second kappa shape index (κ2) is 4.86. The molecule has 1 aliphatic heterocycles. The first-order chi connectivity index (χ1) is 8.67. The maximum Gasteiger partial charge on any atom is 0.418 e. The first-order valence-corrected chi connectivity index (χ1v) is 7.71. The summed E-state index contributed by atoms with van der Waals surface area (Å²) in [5.41, 5.74) is -1.02. The van der Waals surface area contributed by atoms with Crippen molar-refractivity contribution in [2.75, 3.05) is 16.8 Å². The maximum absolute atomic E-state index is 12.8. The van der Waals surface area contributed by atoms with E-state index in [2.05, 4.69) is 5.32 Å². The van der Waals surface area contributed by atoms with Gasteiger partial charge in [-0.05, 0) is 24.6 Å². The number of hydrogen-bond acceptors (Lipinski definition) is 3. The van der Waals surface area contributed by atoms with Crippen molar-refractivity contribution >= 4 is 27.1 Å². The minimum atomic E-state index is -4.54. The molecule has 8 heteroatoms. The lowest BCUT2D eigenvalue weighted by atomic mass is 10.1. The van der Waals surface area contributed by atoms with Gasteiger partial charge in [-0.1, -0.05) is 11.6 Å². The molecule has 0 radical (unpaired) electrons. The van der Waals surface area contributed by atoms with Crippen LogP contribution in [-0.2, 0) is 16.0 Å². The predicted octanol–water partition coefficient (Wildman–Crippen LogP) is 2.96. The van der Waals surface area contributed by atoms with Gasteiger partial charge < -0.3 is 5.32 Å². The van der Waals surface area contributed by atoms with E-state index in [1.807, 2.05) is 0 Å². The third-order valence-corrected chi connectivity index (χ3v) is 4.88. The highest BCUT2D eigenvalue weighted by Crippen LogP contribution is 2.37. The van der Waals surface area contributed by atoms with Crippen LogP contribution >= 0.6 is 11.6 Å². The molecular weight excluding hydrogens is 303 g/mol. The fourth-order valence-corrected chi connectivity index (χ4v) is 3.85. The summed E-state index contributed by atoms with van der Waals surface area (Å²) in [5.74, 6) is -0.146. The Bertz CT molecular complexity index is 586. The van der Waals surface area contributed by atoms with Crippen LogP contribution in [0.1, 0.15) is 12.0 Å². The molecule has 0 bridgehead atoms. The van der Waals surface area contributed by atoms with E-state index in [9.17, 15) is 21.6 Å². The summed E-state index contributed by atoms with van der Waals surface area (Å²) in [7, 11) is -3.14. The van der Waals surface area contributed by atoms with Crippen LogP contribution in [-0.4, -0.2) is 26.0 Å². The number of sulfone groups is 1. The van der Waals surface area contributed by atoms with Gasteiger partial charge in [0.1, 0.15) is 0 Å². The molecule has 1 saturated heterocycles. The first kappa shape index (κ1) is 14.5. The van der Waals surface area contributed by atoms with Gasteiger partial charge in [-0.15, -0.1) is 0 Å². The van der Waals surface area contributed by atoms with Crippen LogP contribution < -0.4 is 5.32 Å². The largest absolute Gasteiger partial charge is 0.418 e. The molecule has 19 heavy (non-hydrogen) atoms. The van der Waals surface area contributed by atoms with Crippen molar-refractivity contribution in [2.24, 2.45) is 0 Å². The maximum atomic E-state index is 12.8. The normalized spacial score (nSPS) is 22.4. The van der Waals surface area contributed by atoms with Crippen molar-refractivity contribution < 1.29 is 21.6 Å². The smallest absolute Gasteiger partial charge is 0.381 e. The second-order valence-corrected chi connectivity index (χ2v) is 7.10. The average Bonchev–Trinajstić information content (AvgIpc) is 2.59. The number of anilines is 1. The Kier molecular flexibility index (Phi) is 3.70. The topological polar surface area (TPSA) is 46.2 Å². The molecule has 3 nitrogen and oxygen atoms in total. The highest BCUT2D eigenvalue weighted by atomic mass is 35.5. The van der Waals surface area contributed by atoms with Gasteiger partial charge in [0.25, 0.3) is 0 Å². The van der Waals surface area contributed by atoms with Crippen LogP contribution in [0.25, 0.3) is 0 Å². The molecule has 0 spiro atoms. The highest BCUT2D eigenvalue weighted by molar-refractivity contribution is 7.91. The van der Waals surface area contributed by atoms with E-state index in [-0.39, 0.29) is 22.2 Å². The zero-order valence-corrected chi connectivity index (χ0v) is 11.2. The monoisotopic (exact) mass is 313 g/mol. The van der Waals surface area contributed by atoms with Gasteiger partial charge in [-0.2, -0.15) is 13.2 Å². The molecular formula is C11H11ClF3NO2S. The van der Waals surface area contributed by atoms with E-state index in [0.29, 0.717) is 6.42 Å². The Morgan fingerprint density at radius 3 is 2.53 bits per heavy atom. The van der Waals surface area contributed by atoms with Gasteiger partial charge in [0.2, 0.25) is 0 Å². The molecule has 0 saturated carbocycles. The van der Waals surface area contributed by atoms with Crippen molar-refractivity contribution in [1.82, 2.24) is 0 Å². The minimum absolute atomic E-state index is 0.000389. The minimum Gasteiger partial charge on any atom is -0.381 e. The van der Waals surface area contributed by atoms with Gasteiger partial charge in [0, 0.05) is 16.8 Å². The van der Waals surface area contributed by atoms with Crippen LogP contribution in [0.5, 0.6) is 0 Å². The Balaban J connectivity index is 2.26. The molecule has 1 unspecified atom stereocenters. The first-order valence-electron chi connectivity index (χ1n) is 5.51. The Hall–Kier alpha value is -0.950. The molecule has 1 atom stereocenters. The summed E-state index contributed by atoms with van der Waals surface area (Å²) in [5, 5.41) is 2.62. The lowest BCUT2D eigenvalue weighted by molar-refractivity contribution is -0.137. The van der Waals surface area contributed by atoms with E-state index in [1.54, 1.807) is 0 Å². The van der Waals surface area contributed by atoms with Gasteiger partial charge in [-0.3, -0.25) is 0 Å². The molecule has 1 heterocycles. The van der Waals surface area contributed by atoms with E-state index in [0.717, 1.165) is 6.07 Å². The standard InChI is InChI=1S/C11H11ClF3NO2S/c12-7-1-2-10(9(5-7)11(13,14)15)16-8-3-4-19(17,18)6-8/h1-2,5,8,16H,3-4,6H2. The summed E-state index contributed by atoms with van der Waals surface area (Å²) < 4.78 is 61.1. The summed E-state index contributed by atoms with van der Waals surface area (Å²) in [6.07, 6.45) is -4.23. The number of benzene rings is 1. The molecule has 0 aromatic heterocycles. The number of halogens is 4. The third-order valence-electron chi connectivity index (χ3n) is 2.88. The zero-order chi connectivity index (χ0) is 14.3. The molecule has 2 rings (SSSR count). The van der Waals surface area contributed by atoms with Gasteiger partial charge in [-0.25, -0.2) is 8.42 Å². The van der Waals surface area contributed by atoms with Crippen molar-refractivity contribution in [3.8, 4) is 0 Å². The molecule has 0 amide bonds. The summed E-state index contributed by atoms with van der Waals surface area (Å²) in [6.45, 7) is 0. The molecule has 0 aliphatic carbocycles. The van der Waals surface area contributed by atoms with E-state index in [1.165, 1.54) is 12.1 Å². The summed E-state index contributed by atoms with van der Waals surface area (Å²) in [4.78, 5) is 0. The van der Waals surface area contributed by atoms with E-state index in [4.69, 9.17) is 11.6 Å². The molecule has 1 fully saturated rings. The number of hydrogen-bond donors (Lipinski definition) is 1. The SMILES string of the molecule is O=S1(=O)CCC(Nc2ccc(Cl)cc2C(F)(F)F)C1. The van der Waals surface area contributed by atoms with Crippen LogP contribution in [0.15, 0.2) is 18.2 Å². The molecule has 1 aliphatic rings. The summed E-state index contributed by atoms with van der Waals surface area (Å²) in [6, 6.07) is 2.89. The predicted molar refractivity (Wildman–Crippen MR) is 67.1 cm³/mol. The Labute approximate surface area is 113 Å². The molecule has 1 N–H and O–H groups in total. The number of nitrogens with one attached hydrogen (secondary N) is 1. The van der Waals surface area contributed by atoms with Crippen LogP contribution in [0, 0.1) is 0 Å². The van der Waals surface area contributed by atoms with E-state index >= 15 is 0 Å². The lowest BCUT2D eigenvalue weighted by Crippen LogP contribution is -2.22. The average molecular weight is 314 g/mol. The van der Waals surface area contributed by atoms with Crippen molar-refractivity contribution in [2.45, 2.75) is 18.6 Å². The van der Waals surface area contributed by atoms with Crippen molar-refractivity contribution in [3.05, 3.63) is 28.8 Å². The molecule has 1 aromatic rings. The van der Waals surface area contributed by atoms with Crippen LogP contribution in [0.4, 0.5) is 18.9 Å². The zero-order valence-electron chi connectivity index (χ0n) is 9.67. The van der Waals surface area contributed by atoms with Crippen LogP contribution in [0.3, 0.4) is 0 Å². The van der Waals surface area contributed by atoms with Gasteiger partial charge in [0.05, 0.1) is 17.1 Å². The number of alkyl halides is 3. The van der Waals surface area contributed by atoms with Crippen molar-refractivity contribution in [3.63, 3.8) is 0 Å². The van der Waals surface area contributed by atoms with Crippen molar-refractivity contribution in [1.29, 1.82) is 0 Å². The van der Waals surface area contributed by atoms with Crippen LogP contribution in [0.2, 0.25) is 5.02 Å². The lowest BCUT2D eigenvalue weighted by Gasteiger charge is -2.18. The third kappa shape index (κ3) is 3.54. The highest BCUT2D eigenvalue weighted by Gasteiger charge is 2.35. The molecule has 1 aromatic carbocycles. The molecule has 106 valence electrons. The fourth-order valence-electron chi connectivity index (χ4n) is 2.01. The number of rotatable bonds is 2. The second-order valence-electron chi connectivity index (χ2n) is 4.43.